The number of rotatable bonds is 2. The van der Waals surface area contributed by atoms with Crippen molar-refractivity contribution in [2.45, 2.75) is 13.3 Å². The lowest BCUT2D eigenvalue weighted by molar-refractivity contribution is -0.114. The van der Waals surface area contributed by atoms with Gasteiger partial charge in [0.2, 0.25) is 0 Å². The molecule has 4 heteroatoms. The van der Waals surface area contributed by atoms with E-state index in [1.807, 2.05) is 0 Å². The summed E-state index contributed by atoms with van der Waals surface area (Å²) in [5, 5.41) is 16.5. The van der Waals surface area contributed by atoms with Gasteiger partial charge >= 0.3 is 0 Å². The number of nitrogens with two attached hydrogens (primary N) is 1. The first-order valence-electron chi connectivity index (χ1n) is 2.90. The van der Waals surface area contributed by atoms with Gasteiger partial charge in [0, 0.05) is 5.70 Å². The summed E-state index contributed by atoms with van der Waals surface area (Å²) in [6.07, 6.45) is -0.294. The molecule has 0 saturated carbocycles. The van der Waals surface area contributed by atoms with Gasteiger partial charge in [0.25, 0.3) is 0 Å². The molecule has 0 aliphatic heterocycles. The van der Waals surface area contributed by atoms with E-state index in [-0.39, 0.29) is 17.7 Å². The molecule has 0 atom stereocenters. The molecule has 0 aliphatic carbocycles. The Balaban J connectivity index is 4.62. The Morgan fingerprint density at radius 2 is 2.09 bits per heavy atom. The van der Waals surface area contributed by atoms with Gasteiger partial charge in [-0.15, -0.1) is 0 Å². The van der Waals surface area contributed by atoms with Crippen LogP contribution in [-0.4, -0.2) is 5.78 Å². The van der Waals surface area contributed by atoms with E-state index < -0.39 is 5.78 Å². The highest BCUT2D eigenvalue weighted by atomic mass is 16.1. The number of carbonyl (C=O) groups is 1. The molecular formula is C7H7N3O. The number of ketones is 1. The van der Waals surface area contributed by atoms with Crippen LogP contribution in [0.1, 0.15) is 13.3 Å². The fourth-order valence-electron chi connectivity index (χ4n) is 0.531. The van der Waals surface area contributed by atoms with E-state index in [2.05, 4.69) is 0 Å². The zero-order valence-corrected chi connectivity index (χ0v) is 6.09. The molecule has 11 heavy (non-hydrogen) atoms. The van der Waals surface area contributed by atoms with Gasteiger partial charge in [-0.25, -0.2) is 0 Å². The second-order valence-electron chi connectivity index (χ2n) is 1.93. The molecule has 4 nitrogen and oxygen atoms in total. The predicted molar refractivity (Wildman–Crippen MR) is 37.7 cm³/mol. The molecule has 56 valence electrons. The van der Waals surface area contributed by atoms with Gasteiger partial charge in [-0.2, -0.15) is 10.5 Å². The van der Waals surface area contributed by atoms with Crippen molar-refractivity contribution in [2.24, 2.45) is 5.73 Å². The Labute approximate surface area is 64.5 Å². The van der Waals surface area contributed by atoms with Crippen molar-refractivity contribution in [3.8, 4) is 12.1 Å². The molecule has 0 fully saturated rings. The fourth-order valence-corrected chi connectivity index (χ4v) is 0.531. The monoisotopic (exact) mass is 149 g/mol. The van der Waals surface area contributed by atoms with Crippen molar-refractivity contribution >= 4 is 5.78 Å². The topological polar surface area (TPSA) is 90.7 Å². The lowest BCUT2D eigenvalue weighted by atomic mass is 10.1. The number of allylic oxidation sites excluding steroid dienone is 2. The molecule has 0 unspecified atom stereocenters. The molecule has 0 aromatic carbocycles. The number of carbonyl (C=O) groups excluding carboxylic acids is 1. The van der Waals surface area contributed by atoms with Gasteiger partial charge < -0.3 is 5.73 Å². The quantitative estimate of drug-likeness (QED) is 0.449. The van der Waals surface area contributed by atoms with E-state index in [1.165, 1.54) is 6.92 Å². The third kappa shape index (κ3) is 2.51. The predicted octanol–water partition coefficient (Wildman–Crippen LogP) is 0.225. The number of hydrogen-bond donors (Lipinski definition) is 1. The van der Waals surface area contributed by atoms with Crippen molar-refractivity contribution in [3.05, 3.63) is 11.3 Å². The SMILES string of the molecule is C/C(N)=C(\C#N)C(=O)CC#N. The maximum Gasteiger partial charge on any atom is 0.189 e. The highest BCUT2D eigenvalue weighted by Crippen LogP contribution is 2.00. The average Bonchev–Trinajstić information content (AvgIpc) is 1.88. The van der Waals surface area contributed by atoms with Crippen LogP contribution in [-0.2, 0) is 4.79 Å². The summed E-state index contributed by atoms with van der Waals surface area (Å²) in [4.78, 5) is 10.8. The fraction of sp³-hybridized carbons (Fsp3) is 0.286. The number of nitrogens with zero attached hydrogens (tertiary/aromatic N) is 2. The van der Waals surface area contributed by atoms with Gasteiger partial charge in [-0.3, -0.25) is 4.79 Å². The summed E-state index contributed by atoms with van der Waals surface area (Å²) in [5.74, 6) is -0.519. The summed E-state index contributed by atoms with van der Waals surface area (Å²) in [6, 6.07) is 3.29. The minimum atomic E-state index is -0.519. The number of Topliss-reactive ketones (excluding diaryl/α,β-unsaturated/α-hetero) is 1. The number of nitriles is 2. The van der Waals surface area contributed by atoms with Crippen LogP contribution < -0.4 is 5.73 Å². The van der Waals surface area contributed by atoms with E-state index in [0.717, 1.165) is 0 Å². The van der Waals surface area contributed by atoms with Gasteiger partial charge in [-0.1, -0.05) is 0 Å². The molecule has 0 aromatic heterocycles. The second kappa shape index (κ2) is 4.08. The lowest BCUT2D eigenvalue weighted by Crippen LogP contribution is -2.06. The van der Waals surface area contributed by atoms with Crippen molar-refractivity contribution < 1.29 is 4.79 Å². The molecule has 0 saturated heterocycles. The van der Waals surface area contributed by atoms with Gasteiger partial charge in [0.15, 0.2) is 5.78 Å². The van der Waals surface area contributed by atoms with E-state index in [1.54, 1.807) is 12.1 Å². The maximum absolute atomic E-state index is 10.8. The highest BCUT2D eigenvalue weighted by molar-refractivity contribution is 6.00. The molecule has 0 spiro atoms. The number of hydrogen-bond acceptors (Lipinski definition) is 4. The van der Waals surface area contributed by atoms with Gasteiger partial charge in [0.05, 0.1) is 12.5 Å². The Morgan fingerprint density at radius 3 is 2.36 bits per heavy atom. The van der Waals surface area contributed by atoms with Crippen LogP contribution in [0.4, 0.5) is 0 Å². The van der Waals surface area contributed by atoms with Gasteiger partial charge in [-0.05, 0) is 6.92 Å². The van der Waals surface area contributed by atoms with Crippen molar-refractivity contribution in [1.82, 2.24) is 0 Å². The Kier molecular flexibility index (Phi) is 3.41. The van der Waals surface area contributed by atoms with Crippen LogP contribution >= 0.6 is 0 Å². The maximum atomic E-state index is 10.8. The van der Waals surface area contributed by atoms with Crippen molar-refractivity contribution in [3.63, 3.8) is 0 Å². The summed E-state index contributed by atoms with van der Waals surface area (Å²) in [5.41, 5.74) is 5.25. The Bertz CT molecular complexity index is 273. The standard InChI is InChI=1S/C7H7N3O/c1-5(10)6(4-9)7(11)2-3-8/h2,10H2,1H3/b6-5-. The minimum absolute atomic E-state index is 0.119. The zero-order chi connectivity index (χ0) is 8.85. The van der Waals surface area contributed by atoms with E-state index in [0.29, 0.717) is 0 Å². The first-order chi connectivity index (χ1) is 5.13. The summed E-state index contributed by atoms with van der Waals surface area (Å²) >= 11 is 0. The molecule has 0 bridgehead atoms. The molecule has 0 radical (unpaired) electrons. The van der Waals surface area contributed by atoms with E-state index in [9.17, 15) is 4.79 Å². The molecule has 2 N–H and O–H groups in total. The normalized spacial score (nSPS) is 10.8. The minimum Gasteiger partial charge on any atom is -0.401 e. The third-order valence-electron chi connectivity index (χ3n) is 1.02. The van der Waals surface area contributed by atoms with Crippen LogP contribution in [0.25, 0.3) is 0 Å². The Hall–Kier alpha value is -1.81. The first kappa shape index (κ1) is 9.19. The Morgan fingerprint density at radius 1 is 1.55 bits per heavy atom. The van der Waals surface area contributed by atoms with Crippen LogP contribution in [0.3, 0.4) is 0 Å². The molecule has 0 aromatic rings. The summed E-state index contributed by atoms with van der Waals surface area (Å²) in [7, 11) is 0. The zero-order valence-electron chi connectivity index (χ0n) is 6.09. The molecule has 0 amide bonds. The molecular weight excluding hydrogens is 142 g/mol. The van der Waals surface area contributed by atoms with Crippen molar-refractivity contribution in [1.29, 1.82) is 10.5 Å². The van der Waals surface area contributed by atoms with Crippen molar-refractivity contribution in [2.75, 3.05) is 0 Å². The largest absolute Gasteiger partial charge is 0.401 e. The highest BCUT2D eigenvalue weighted by Gasteiger charge is 2.09. The smallest absolute Gasteiger partial charge is 0.189 e. The third-order valence-corrected chi connectivity index (χ3v) is 1.02. The molecule has 0 aliphatic rings. The van der Waals surface area contributed by atoms with Gasteiger partial charge in [0.1, 0.15) is 11.6 Å². The molecule has 0 rings (SSSR count). The lowest BCUT2D eigenvalue weighted by Gasteiger charge is -1.93. The van der Waals surface area contributed by atoms with Crippen LogP contribution in [0.15, 0.2) is 11.3 Å². The molecule has 0 heterocycles. The van der Waals surface area contributed by atoms with Crippen LogP contribution in [0.2, 0.25) is 0 Å². The first-order valence-corrected chi connectivity index (χ1v) is 2.90. The van der Waals surface area contributed by atoms with Crippen LogP contribution in [0, 0.1) is 22.7 Å². The second-order valence-corrected chi connectivity index (χ2v) is 1.93. The summed E-state index contributed by atoms with van der Waals surface area (Å²) in [6.45, 7) is 1.45. The van der Waals surface area contributed by atoms with Crippen LogP contribution in [0.5, 0.6) is 0 Å². The van der Waals surface area contributed by atoms with E-state index >= 15 is 0 Å². The van der Waals surface area contributed by atoms with E-state index in [4.69, 9.17) is 16.3 Å². The average molecular weight is 149 g/mol. The summed E-state index contributed by atoms with van der Waals surface area (Å²) < 4.78 is 0.